The van der Waals surface area contributed by atoms with Crippen molar-refractivity contribution < 1.29 is 4.42 Å². The lowest BCUT2D eigenvalue weighted by Gasteiger charge is -2.22. The lowest BCUT2D eigenvalue weighted by atomic mass is 9.99. The van der Waals surface area contributed by atoms with Gasteiger partial charge in [0, 0.05) is 20.6 Å². The van der Waals surface area contributed by atoms with Gasteiger partial charge >= 0.3 is 0 Å². The van der Waals surface area contributed by atoms with E-state index in [2.05, 4.69) is 53.8 Å². The Hall–Kier alpha value is -2.88. The van der Waals surface area contributed by atoms with Gasteiger partial charge in [0.1, 0.15) is 11.2 Å². The van der Waals surface area contributed by atoms with Gasteiger partial charge in [-0.3, -0.25) is 0 Å². The zero-order chi connectivity index (χ0) is 18.7. The smallest absolute Gasteiger partial charge is 0.136 e. The number of fused-ring (bicyclic) bond motifs is 5. The van der Waals surface area contributed by atoms with Crippen molar-refractivity contribution in [1.29, 1.82) is 0 Å². The van der Waals surface area contributed by atoms with E-state index in [0.717, 1.165) is 43.2 Å². The van der Waals surface area contributed by atoms with E-state index in [-0.39, 0.29) is 0 Å². The van der Waals surface area contributed by atoms with Crippen molar-refractivity contribution in [3.8, 4) is 11.1 Å². The number of furan rings is 1. The first-order valence-corrected chi connectivity index (χ1v) is 10.3. The van der Waals surface area contributed by atoms with E-state index in [1.54, 1.807) is 11.8 Å². The Balaban J connectivity index is 1.54. The van der Waals surface area contributed by atoms with Gasteiger partial charge in [-0.15, -0.1) is 0 Å². The van der Waals surface area contributed by atoms with Crippen LogP contribution in [0.3, 0.4) is 0 Å². The minimum absolute atomic E-state index is 0.745. The minimum Gasteiger partial charge on any atom is -0.456 e. The minimum atomic E-state index is 0.745. The second-order valence-electron chi connectivity index (χ2n) is 6.83. The van der Waals surface area contributed by atoms with Gasteiger partial charge in [-0.2, -0.15) is 0 Å². The van der Waals surface area contributed by atoms with Crippen LogP contribution >= 0.6 is 23.4 Å². The van der Waals surface area contributed by atoms with Crippen LogP contribution in [0, 0.1) is 0 Å². The number of hydrogen-bond donors (Lipinski definition) is 1. The Morgan fingerprint density at radius 3 is 2.61 bits per heavy atom. The summed E-state index contributed by atoms with van der Waals surface area (Å²) in [4.78, 5) is 2.33. The summed E-state index contributed by atoms with van der Waals surface area (Å²) in [6.45, 7) is 0. The largest absolute Gasteiger partial charge is 0.456 e. The first-order valence-electron chi connectivity index (χ1n) is 9.06. The molecule has 0 saturated carbocycles. The predicted molar refractivity (Wildman–Crippen MR) is 118 cm³/mol. The fraction of sp³-hybridized carbons (Fsp3) is 0. The molecular formula is C24H14ClNOS. The van der Waals surface area contributed by atoms with Crippen molar-refractivity contribution in [3.05, 3.63) is 83.9 Å². The number of halogens is 1. The average Bonchev–Trinajstić information content (AvgIpc) is 3.11. The molecule has 6 rings (SSSR count). The molecule has 0 amide bonds. The molecule has 5 aromatic rings. The normalized spacial score (nSPS) is 12.6. The van der Waals surface area contributed by atoms with Crippen LogP contribution in [0.15, 0.2) is 93.1 Å². The molecule has 1 aliphatic rings. The summed E-state index contributed by atoms with van der Waals surface area (Å²) in [7, 11) is 0. The summed E-state index contributed by atoms with van der Waals surface area (Å²) < 4.78 is 6.05. The van der Waals surface area contributed by atoms with E-state index in [1.807, 2.05) is 30.3 Å². The van der Waals surface area contributed by atoms with E-state index in [9.17, 15) is 0 Å². The quantitative estimate of drug-likeness (QED) is 0.302. The van der Waals surface area contributed by atoms with E-state index in [4.69, 9.17) is 16.0 Å². The number of anilines is 2. The lowest BCUT2D eigenvalue weighted by molar-refractivity contribution is 0.669. The van der Waals surface area contributed by atoms with Gasteiger partial charge < -0.3 is 9.73 Å². The first-order chi connectivity index (χ1) is 13.8. The Bertz CT molecular complexity index is 1390. The number of nitrogens with one attached hydrogen (secondary N) is 1. The van der Waals surface area contributed by atoms with Gasteiger partial charge in [0.2, 0.25) is 0 Å². The second kappa shape index (κ2) is 6.06. The molecule has 2 heterocycles. The fourth-order valence-electron chi connectivity index (χ4n) is 3.86. The molecule has 2 nitrogen and oxygen atoms in total. The van der Waals surface area contributed by atoms with Gasteiger partial charge in [-0.05, 0) is 47.5 Å². The highest BCUT2D eigenvalue weighted by atomic mass is 35.5. The second-order valence-corrected chi connectivity index (χ2v) is 8.32. The van der Waals surface area contributed by atoms with Crippen LogP contribution < -0.4 is 5.32 Å². The monoisotopic (exact) mass is 399 g/mol. The van der Waals surface area contributed by atoms with Gasteiger partial charge in [0.05, 0.1) is 16.4 Å². The summed E-state index contributed by atoms with van der Waals surface area (Å²) in [6.07, 6.45) is 0. The lowest BCUT2D eigenvalue weighted by Crippen LogP contribution is -2.00. The van der Waals surface area contributed by atoms with Crippen molar-refractivity contribution in [1.82, 2.24) is 0 Å². The first kappa shape index (κ1) is 16.1. The summed E-state index contributed by atoms with van der Waals surface area (Å²) >= 11 is 8.10. The van der Waals surface area contributed by atoms with Gasteiger partial charge in [0.25, 0.3) is 0 Å². The van der Waals surface area contributed by atoms with Crippen LogP contribution in [0.25, 0.3) is 33.1 Å². The molecule has 28 heavy (non-hydrogen) atoms. The highest BCUT2D eigenvalue weighted by molar-refractivity contribution is 7.99. The standard InChI is InChI=1S/C24H14ClNOS/c25-17-7-4-10-21-24(17)26-18-12-11-14(13-22(18)28-21)15-6-3-9-20-23(15)16-5-1-2-8-19(16)27-20/h1-13,26H. The summed E-state index contributed by atoms with van der Waals surface area (Å²) in [6, 6.07) is 27.0. The summed E-state index contributed by atoms with van der Waals surface area (Å²) in [5, 5.41) is 6.53. The van der Waals surface area contributed by atoms with E-state index < -0.39 is 0 Å². The molecule has 0 spiro atoms. The van der Waals surface area contributed by atoms with Crippen LogP contribution in [0.4, 0.5) is 11.4 Å². The fourth-order valence-corrected chi connectivity index (χ4v) is 5.20. The molecule has 0 bridgehead atoms. The molecule has 134 valence electrons. The maximum atomic E-state index is 6.36. The van der Waals surface area contributed by atoms with Crippen molar-refractivity contribution >= 4 is 56.7 Å². The highest BCUT2D eigenvalue weighted by Crippen LogP contribution is 2.48. The third-order valence-electron chi connectivity index (χ3n) is 5.15. The molecule has 0 fully saturated rings. The number of para-hydroxylation sites is 2. The number of benzene rings is 4. The Morgan fingerprint density at radius 1 is 0.786 bits per heavy atom. The Morgan fingerprint density at radius 2 is 1.64 bits per heavy atom. The van der Waals surface area contributed by atoms with Crippen LogP contribution in [0.1, 0.15) is 0 Å². The molecular weight excluding hydrogens is 386 g/mol. The van der Waals surface area contributed by atoms with Crippen molar-refractivity contribution in [3.63, 3.8) is 0 Å². The van der Waals surface area contributed by atoms with Gasteiger partial charge in [-0.1, -0.05) is 65.8 Å². The molecule has 4 heteroatoms. The zero-order valence-electron chi connectivity index (χ0n) is 14.7. The molecule has 4 aromatic carbocycles. The Kier molecular flexibility index (Phi) is 3.49. The SMILES string of the molecule is Clc1cccc2c1Nc1ccc(-c3cccc4oc5ccccc5c34)cc1S2. The summed E-state index contributed by atoms with van der Waals surface area (Å²) in [5.41, 5.74) is 6.26. The van der Waals surface area contributed by atoms with Crippen LogP contribution in [0.2, 0.25) is 5.02 Å². The maximum absolute atomic E-state index is 6.36. The van der Waals surface area contributed by atoms with Crippen LogP contribution in [0.5, 0.6) is 0 Å². The van der Waals surface area contributed by atoms with Crippen molar-refractivity contribution in [2.75, 3.05) is 5.32 Å². The molecule has 0 saturated heterocycles. The van der Waals surface area contributed by atoms with Crippen molar-refractivity contribution in [2.45, 2.75) is 9.79 Å². The van der Waals surface area contributed by atoms with Crippen LogP contribution in [-0.4, -0.2) is 0 Å². The molecule has 1 aromatic heterocycles. The predicted octanol–water partition coefficient (Wildman–Crippen LogP) is 8.11. The topological polar surface area (TPSA) is 25.2 Å². The van der Waals surface area contributed by atoms with Gasteiger partial charge in [0.15, 0.2) is 0 Å². The van der Waals surface area contributed by atoms with E-state index >= 15 is 0 Å². The molecule has 0 radical (unpaired) electrons. The molecule has 0 unspecified atom stereocenters. The molecule has 0 atom stereocenters. The van der Waals surface area contributed by atoms with Crippen LogP contribution in [-0.2, 0) is 0 Å². The third-order valence-corrected chi connectivity index (χ3v) is 6.58. The number of rotatable bonds is 1. The summed E-state index contributed by atoms with van der Waals surface area (Å²) in [5.74, 6) is 0. The maximum Gasteiger partial charge on any atom is 0.136 e. The molecule has 1 N–H and O–H groups in total. The van der Waals surface area contributed by atoms with Crippen molar-refractivity contribution in [2.24, 2.45) is 0 Å². The van der Waals surface area contributed by atoms with E-state index in [0.29, 0.717) is 0 Å². The van der Waals surface area contributed by atoms with E-state index in [1.165, 1.54) is 16.0 Å². The molecule has 1 aliphatic heterocycles. The molecule has 0 aliphatic carbocycles. The van der Waals surface area contributed by atoms with Gasteiger partial charge in [-0.25, -0.2) is 0 Å². The number of hydrogen-bond acceptors (Lipinski definition) is 3. The third kappa shape index (κ3) is 2.37. The zero-order valence-corrected chi connectivity index (χ0v) is 16.3. The average molecular weight is 400 g/mol. The Labute approximate surface area is 171 Å². The highest BCUT2D eigenvalue weighted by Gasteiger charge is 2.19.